The number of benzene rings is 1. The predicted octanol–water partition coefficient (Wildman–Crippen LogP) is 2.09. The van der Waals surface area contributed by atoms with E-state index >= 15 is 0 Å². The highest BCUT2D eigenvalue weighted by molar-refractivity contribution is 7.98. The molecule has 1 aliphatic rings. The molecule has 1 aromatic carbocycles. The van der Waals surface area contributed by atoms with Crippen molar-refractivity contribution in [1.82, 2.24) is 14.8 Å². The van der Waals surface area contributed by atoms with Gasteiger partial charge in [-0.2, -0.15) is 11.8 Å². The molecule has 2 aromatic rings. The normalized spacial score (nSPS) is 15.1. The quantitative estimate of drug-likeness (QED) is 0.651. The number of thioether (sulfide) groups is 1. The van der Waals surface area contributed by atoms with E-state index in [-0.39, 0.29) is 5.91 Å². The summed E-state index contributed by atoms with van der Waals surface area (Å²) in [6.07, 6.45) is 3.48. The number of fused-ring (bicyclic) bond motifs is 1. The monoisotopic (exact) mass is 331 g/mol. The van der Waals surface area contributed by atoms with Crippen LogP contribution >= 0.6 is 11.8 Å². The largest absolute Gasteiger partial charge is 0.361 e. The summed E-state index contributed by atoms with van der Waals surface area (Å²) in [6, 6.07) is 8.27. The molecule has 0 spiro atoms. The van der Waals surface area contributed by atoms with Crippen molar-refractivity contribution in [3.8, 4) is 0 Å². The van der Waals surface area contributed by atoms with Crippen LogP contribution in [0.15, 0.2) is 30.5 Å². The van der Waals surface area contributed by atoms with Crippen molar-refractivity contribution in [2.75, 3.05) is 31.9 Å². The van der Waals surface area contributed by atoms with Crippen LogP contribution in [0.25, 0.3) is 10.9 Å². The third-order valence-electron chi connectivity index (χ3n) is 4.21. The summed E-state index contributed by atoms with van der Waals surface area (Å²) in [4.78, 5) is 29.7. The first-order valence-electron chi connectivity index (χ1n) is 7.88. The van der Waals surface area contributed by atoms with Gasteiger partial charge in [-0.1, -0.05) is 18.2 Å². The van der Waals surface area contributed by atoms with Gasteiger partial charge in [-0.15, -0.1) is 0 Å². The van der Waals surface area contributed by atoms with Gasteiger partial charge in [-0.05, 0) is 11.6 Å². The average molecular weight is 331 g/mol. The molecule has 2 heterocycles. The summed E-state index contributed by atoms with van der Waals surface area (Å²) in [5.41, 5.74) is 2.45. The van der Waals surface area contributed by atoms with Crippen LogP contribution in [0.1, 0.15) is 12.0 Å². The molecular formula is C17H21N3O2S. The number of aromatic amines is 1. The van der Waals surface area contributed by atoms with Gasteiger partial charge >= 0.3 is 0 Å². The second-order valence-electron chi connectivity index (χ2n) is 5.68. The fourth-order valence-corrected chi connectivity index (χ4v) is 3.75. The number of nitrogens with one attached hydrogen (secondary N) is 1. The van der Waals surface area contributed by atoms with E-state index in [9.17, 15) is 9.59 Å². The third-order valence-corrected chi connectivity index (χ3v) is 5.22. The van der Waals surface area contributed by atoms with Crippen LogP contribution < -0.4 is 0 Å². The molecule has 1 aromatic heterocycles. The number of carbonyl (C=O) groups is 2. The number of rotatable bonds is 6. The van der Waals surface area contributed by atoms with E-state index in [1.54, 1.807) is 16.7 Å². The minimum atomic E-state index is 0.196. The molecule has 0 saturated carbocycles. The second kappa shape index (κ2) is 7.55. The lowest BCUT2D eigenvalue weighted by Crippen LogP contribution is -2.48. The summed E-state index contributed by atoms with van der Waals surface area (Å²) in [5, 5.41) is 1.26. The summed E-state index contributed by atoms with van der Waals surface area (Å²) in [5.74, 6) is 1.93. The number of H-pyrrole nitrogens is 1. The van der Waals surface area contributed by atoms with E-state index in [2.05, 4.69) is 23.3 Å². The zero-order valence-corrected chi connectivity index (χ0v) is 13.8. The molecule has 0 aliphatic carbocycles. The van der Waals surface area contributed by atoms with Gasteiger partial charge in [0.25, 0.3) is 0 Å². The maximum absolute atomic E-state index is 12.2. The molecule has 1 fully saturated rings. The number of piperazine rings is 1. The molecule has 0 bridgehead atoms. The first-order valence-corrected chi connectivity index (χ1v) is 9.03. The van der Waals surface area contributed by atoms with Crippen molar-refractivity contribution in [2.45, 2.75) is 12.2 Å². The van der Waals surface area contributed by atoms with Crippen LogP contribution in [0.5, 0.6) is 0 Å². The first kappa shape index (κ1) is 15.9. The second-order valence-corrected chi connectivity index (χ2v) is 6.79. The van der Waals surface area contributed by atoms with Gasteiger partial charge in [0.1, 0.15) is 0 Å². The van der Waals surface area contributed by atoms with Crippen LogP contribution in [0.2, 0.25) is 0 Å². The average Bonchev–Trinajstić information content (AvgIpc) is 3.02. The zero-order valence-electron chi connectivity index (χ0n) is 13.0. The molecule has 5 nitrogen and oxygen atoms in total. The Morgan fingerprint density at radius 1 is 1.22 bits per heavy atom. The van der Waals surface area contributed by atoms with E-state index in [1.165, 1.54) is 10.9 Å². The molecule has 3 rings (SSSR count). The minimum Gasteiger partial charge on any atom is -0.361 e. The van der Waals surface area contributed by atoms with Crippen molar-refractivity contribution in [1.29, 1.82) is 0 Å². The fourth-order valence-electron chi connectivity index (χ4n) is 2.83. The lowest BCUT2D eigenvalue weighted by molar-refractivity contribution is -0.134. The number of hydrogen-bond acceptors (Lipinski definition) is 3. The van der Waals surface area contributed by atoms with E-state index in [4.69, 9.17) is 0 Å². The molecule has 122 valence electrons. The lowest BCUT2D eigenvalue weighted by Gasteiger charge is -2.32. The number of nitrogens with zero attached hydrogens (tertiary/aromatic N) is 2. The van der Waals surface area contributed by atoms with E-state index in [0.717, 1.165) is 23.4 Å². The molecular weight excluding hydrogens is 310 g/mol. The smallest absolute Gasteiger partial charge is 0.223 e. The lowest BCUT2D eigenvalue weighted by atomic mass is 10.2. The molecule has 0 atom stereocenters. The highest BCUT2D eigenvalue weighted by Crippen LogP contribution is 2.22. The number of carbonyl (C=O) groups excluding carboxylic acids is 2. The van der Waals surface area contributed by atoms with Crippen molar-refractivity contribution in [3.05, 3.63) is 36.0 Å². The molecule has 2 amide bonds. The summed E-state index contributed by atoms with van der Waals surface area (Å²) >= 11 is 1.79. The van der Waals surface area contributed by atoms with Crippen LogP contribution in [0.4, 0.5) is 0 Å². The zero-order chi connectivity index (χ0) is 16.1. The Morgan fingerprint density at radius 2 is 2.00 bits per heavy atom. The SMILES string of the molecule is O=CN1CCN(C(=O)CCSCc2c[nH]c3ccccc23)CC1. The van der Waals surface area contributed by atoms with Gasteiger partial charge in [0.15, 0.2) is 0 Å². The molecule has 6 heteroatoms. The maximum Gasteiger partial charge on any atom is 0.223 e. The first-order chi connectivity index (χ1) is 11.3. The van der Waals surface area contributed by atoms with Crippen molar-refractivity contribution in [3.63, 3.8) is 0 Å². The van der Waals surface area contributed by atoms with Crippen LogP contribution in [0, 0.1) is 0 Å². The Kier molecular flexibility index (Phi) is 5.23. The van der Waals surface area contributed by atoms with Crippen LogP contribution in [0.3, 0.4) is 0 Å². The Bertz CT molecular complexity index is 677. The number of para-hydroxylation sites is 1. The number of hydrogen-bond donors (Lipinski definition) is 1. The highest BCUT2D eigenvalue weighted by atomic mass is 32.2. The summed E-state index contributed by atoms with van der Waals surface area (Å²) in [7, 11) is 0. The van der Waals surface area contributed by atoms with Gasteiger partial charge in [0, 0.05) is 61.2 Å². The Hall–Kier alpha value is -1.95. The van der Waals surface area contributed by atoms with Crippen LogP contribution in [-0.2, 0) is 15.3 Å². The van der Waals surface area contributed by atoms with Crippen molar-refractivity contribution >= 4 is 35.0 Å². The van der Waals surface area contributed by atoms with Gasteiger partial charge in [0.2, 0.25) is 12.3 Å². The van der Waals surface area contributed by atoms with Crippen LogP contribution in [-0.4, -0.2) is 59.0 Å². The maximum atomic E-state index is 12.2. The van der Waals surface area contributed by atoms with E-state index < -0.39 is 0 Å². The van der Waals surface area contributed by atoms with Gasteiger partial charge in [0.05, 0.1) is 0 Å². The molecule has 0 unspecified atom stereocenters. The highest BCUT2D eigenvalue weighted by Gasteiger charge is 2.19. The standard InChI is InChI=1S/C17H21N3O2S/c21-13-19-6-8-20(9-7-19)17(22)5-10-23-12-14-11-18-16-4-2-1-3-15(14)16/h1-4,11,13,18H,5-10,12H2. The van der Waals surface area contributed by atoms with E-state index in [1.807, 2.05) is 17.0 Å². The van der Waals surface area contributed by atoms with Crippen molar-refractivity contribution < 1.29 is 9.59 Å². The Morgan fingerprint density at radius 3 is 2.78 bits per heavy atom. The fraction of sp³-hybridized carbons (Fsp3) is 0.412. The topological polar surface area (TPSA) is 56.4 Å². The Labute approximate surface area is 140 Å². The van der Waals surface area contributed by atoms with Crippen molar-refractivity contribution in [2.24, 2.45) is 0 Å². The molecule has 1 saturated heterocycles. The molecule has 23 heavy (non-hydrogen) atoms. The summed E-state index contributed by atoms with van der Waals surface area (Å²) < 4.78 is 0. The number of aromatic nitrogens is 1. The summed E-state index contributed by atoms with van der Waals surface area (Å²) in [6.45, 7) is 2.62. The minimum absolute atomic E-state index is 0.196. The predicted molar refractivity (Wildman–Crippen MR) is 93.3 cm³/mol. The van der Waals surface area contributed by atoms with Gasteiger partial charge < -0.3 is 14.8 Å². The third kappa shape index (κ3) is 3.88. The van der Waals surface area contributed by atoms with Gasteiger partial charge in [-0.25, -0.2) is 0 Å². The molecule has 1 N–H and O–H groups in total. The number of amides is 2. The molecule has 1 aliphatic heterocycles. The Balaban J connectivity index is 1.41. The van der Waals surface area contributed by atoms with E-state index in [0.29, 0.717) is 32.6 Å². The molecule has 0 radical (unpaired) electrons. The van der Waals surface area contributed by atoms with Gasteiger partial charge in [-0.3, -0.25) is 9.59 Å².